The number of aryl methyl sites for hydroxylation is 1. The Bertz CT molecular complexity index is 877. The minimum Gasteiger partial charge on any atom is -0.496 e. The van der Waals surface area contributed by atoms with Crippen LogP contribution in [0, 0.1) is 18.3 Å². The summed E-state index contributed by atoms with van der Waals surface area (Å²) in [4.78, 5) is 12.6. The Kier molecular flexibility index (Phi) is 6.79. The van der Waals surface area contributed by atoms with Gasteiger partial charge in [-0.05, 0) is 60.2 Å². The van der Waals surface area contributed by atoms with E-state index in [0.29, 0.717) is 0 Å². The van der Waals surface area contributed by atoms with Gasteiger partial charge in [0.05, 0.1) is 13.2 Å². The smallest absolute Gasteiger partial charge is 0.262 e. The Morgan fingerprint density at radius 2 is 1.85 bits per heavy atom. The minimum atomic E-state index is -0.379. The summed E-state index contributed by atoms with van der Waals surface area (Å²) in [5, 5.41) is 12.4. The van der Waals surface area contributed by atoms with Crippen molar-refractivity contribution >= 4 is 12.0 Å². The van der Waals surface area contributed by atoms with Gasteiger partial charge in [0.2, 0.25) is 0 Å². The highest BCUT2D eigenvalue weighted by atomic mass is 16.5. The molecule has 1 atom stereocenters. The molecule has 0 aliphatic rings. The summed E-state index contributed by atoms with van der Waals surface area (Å²) in [6, 6.07) is 15.5. The Labute approximate surface area is 161 Å². The van der Waals surface area contributed by atoms with Crippen LogP contribution in [0.4, 0.5) is 0 Å². The first kappa shape index (κ1) is 20.3. The molecule has 0 saturated heterocycles. The maximum atomic E-state index is 12.6. The van der Waals surface area contributed by atoms with Gasteiger partial charge in [-0.25, -0.2) is 0 Å². The molecule has 2 rings (SSSR count). The fourth-order valence-corrected chi connectivity index (χ4v) is 2.90. The van der Waals surface area contributed by atoms with Crippen molar-refractivity contribution in [2.45, 2.75) is 39.7 Å². The first-order valence-corrected chi connectivity index (χ1v) is 9.03. The second-order valence-corrected chi connectivity index (χ2v) is 6.88. The molecule has 0 aromatic heterocycles. The summed E-state index contributed by atoms with van der Waals surface area (Å²) in [6.07, 6.45) is 1.65. The van der Waals surface area contributed by atoms with E-state index in [-0.39, 0.29) is 23.4 Å². The summed E-state index contributed by atoms with van der Waals surface area (Å²) in [5.41, 5.74) is 3.92. The standard InChI is InChI=1S/C23H26N2O2/c1-15(2)21-13-19(16(3)11-22(21)27-5)12-20(14-24)23(26)25-17(4)18-9-7-6-8-10-18/h6-13,15,17H,1-5H3,(H,25,26)/b20-12+/t17-/m1/s1. The molecule has 27 heavy (non-hydrogen) atoms. The molecular weight excluding hydrogens is 336 g/mol. The zero-order valence-electron chi connectivity index (χ0n) is 16.5. The van der Waals surface area contributed by atoms with Gasteiger partial charge >= 0.3 is 0 Å². The average molecular weight is 362 g/mol. The van der Waals surface area contributed by atoms with Gasteiger partial charge in [0.1, 0.15) is 17.4 Å². The highest BCUT2D eigenvalue weighted by molar-refractivity contribution is 6.02. The van der Waals surface area contributed by atoms with Crippen LogP contribution in [0.2, 0.25) is 0 Å². The van der Waals surface area contributed by atoms with Crippen molar-refractivity contribution in [3.8, 4) is 11.8 Å². The van der Waals surface area contributed by atoms with Gasteiger partial charge in [-0.3, -0.25) is 4.79 Å². The molecule has 1 amide bonds. The second kappa shape index (κ2) is 9.05. The molecule has 0 bridgehead atoms. The van der Waals surface area contributed by atoms with Crippen LogP contribution in [0.25, 0.3) is 6.08 Å². The first-order chi connectivity index (χ1) is 12.9. The lowest BCUT2D eigenvalue weighted by Gasteiger charge is -2.16. The molecular formula is C23H26N2O2. The number of hydrogen-bond donors (Lipinski definition) is 1. The molecule has 4 nitrogen and oxygen atoms in total. The zero-order chi connectivity index (χ0) is 20.0. The van der Waals surface area contributed by atoms with Gasteiger partial charge in [-0.15, -0.1) is 0 Å². The predicted octanol–water partition coefficient (Wildman–Crippen LogP) is 4.91. The Morgan fingerprint density at radius 3 is 2.41 bits per heavy atom. The molecule has 0 aliphatic heterocycles. The van der Waals surface area contributed by atoms with Gasteiger partial charge in [-0.1, -0.05) is 44.2 Å². The maximum absolute atomic E-state index is 12.6. The molecule has 4 heteroatoms. The third kappa shape index (κ3) is 4.98. The lowest BCUT2D eigenvalue weighted by molar-refractivity contribution is -0.117. The van der Waals surface area contributed by atoms with E-state index in [1.165, 1.54) is 0 Å². The minimum absolute atomic E-state index is 0.0840. The molecule has 140 valence electrons. The van der Waals surface area contributed by atoms with Crippen LogP contribution in [-0.4, -0.2) is 13.0 Å². The van der Waals surface area contributed by atoms with E-state index >= 15 is 0 Å². The topological polar surface area (TPSA) is 62.1 Å². The van der Waals surface area contributed by atoms with Crippen molar-refractivity contribution in [2.75, 3.05) is 7.11 Å². The second-order valence-electron chi connectivity index (χ2n) is 6.88. The monoisotopic (exact) mass is 362 g/mol. The van der Waals surface area contributed by atoms with Crippen LogP contribution in [-0.2, 0) is 4.79 Å². The van der Waals surface area contributed by atoms with E-state index in [9.17, 15) is 10.1 Å². The largest absolute Gasteiger partial charge is 0.496 e. The van der Waals surface area contributed by atoms with E-state index < -0.39 is 0 Å². The van der Waals surface area contributed by atoms with Gasteiger partial charge < -0.3 is 10.1 Å². The van der Waals surface area contributed by atoms with Gasteiger partial charge in [0.25, 0.3) is 5.91 Å². The SMILES string of the molecule is COc1cc(C)c(/C=C(\C#N)C(=O)N[C@H](C)c2ccccc2)cc1C(C)C. The predicted molar refractivity (Wildman–Crippen MR) is 108 cm³/mol. The fourth-order valence-electron chi connectivity index (χ4n) is 2.90. The van der Waals surface area contributed by atoms with E-state index in [1.54, 1.807) is 13.2 Å². The van der Waals surface area contributed by atoms with Gasteiger partial charge in [-0.2, -0.15) is 5.26 Å². The summed E-state index contributed by atoms with van der Waals surface area (Å²) in [6.45, 7) is 8.01. The number of nitriles is 1. The molecule has 1 N–H and O–H groups in total. The lowest BCUT2D eigenvalue weighted by Crippen LogP contribution is -2.27. The molecule has 0 fully saturated rings. The van der Waals surface area contributed by atoms with Crippen LogP contribution >= 0.6 is 0 Å². The molecule has 2 aromatic carbocycles. The van der Waals surface area contributed by atoms with Gasteiger partial charge in [0, 0.05) is 0 Å². The lowest BCUT2D eigenvalue weighted by atomic mass is 9.95. The van der Waals surface area contributed by atoms with E-state index in [2.05, 4.69) is 19.2 Å². The van der Waals surface area contributed by atoms with Crippen LogP contribution in [0.3, 0.4) is 0 Å². The van der Waals surface area contributed by atoms with Gasteiger partial charge in [0.15, 0.2) is 0 Å². The van der Waals surface area contributed by atoms with Crippen LogP contribution in [0.1, 0.15) is 55.0 Å². The molecule has 2 aromatic rings. The van der Waals surface area contributed by atoms with Crippen LogP contribution in [0.15, 0.2) is 48.0 Å². The Morgan fingerprint density at radius 1 is 1.19 bits per heavy atom. The van der Waals surface area contributed by atoms with Crippen molar-refractivity contribution in [1.29, 1.82) is 5.26 Å². The number of nitrogens with one attached hydrogen (secondary N) is 1. The molecule has 0 saturated carbocycles. The fraction of sp³-hybridized carbons (Fsp3) is 0.304. The molecule has 0 unspecified atom stereocenters. The Balaban J connectivity index is 2.31. The van der Waals surface area contributed by atoms with Crippen LogP contribution < -0.4 is 10.1 Å². The third-order valence-corrected chi connectivity index (χ3v) is 4.55. The number of ether oxygens (including phenoxy) is 1. The van der Waals surface area contributed by atoms with Crippen molar-refractivity contribution in [3.05, 3.63) is 70.3 Å². The van der Waals surface area contributed by atoms with Crippen molar-refractivity contribution in [3.63, 3.8) is 0 Å². The molecule has 0 spiro atoms. The number of carbonyl (C=O) groups is 1. The van der Waals surface area contributed by atoms with Crippen molar-refractivity contribution < 1.29 is 9.53 Å². The average Bonchev–Trinajstić information content (AvgIpc) is 2.66. The molecule has 0 radical (unpaired) electrons. The normalized spacial score (nSPS) is 12.4. The number of methoxy groups -OCH3 is 1. The van der Waals surface area contributed by atoms with Crippen LogP contribution in [0.5, 0.6) is 5.75 Å². The third-order valence-electron chi connectivity index (χ3n) is 4.55. The number of carbonyl (C=O) groups excluding carboxylic acids is 1. The van der Waals surface area contributed by atoms with Crippen molar-refractivity contribution in [1.82, 2.24) is 5.32 Å². The van der Waals surface area contributed by atoms with E-state index in [0.717, 1.165) is 28.0 Å². The number of nitrogens with zero attached hydrogens (tertiary/aromatic N) is 1. The number of benzene rings is 2. The van der Waals surface area contributed by atoms with E-state index in [1.807, 2.05) is 62.4 Å². The first-order valence-electron chi connectivity index (χ1n) is 9.03. The highest BCUT2D eigenvalue weighted by Crippen LogP contribution is 2.30. The quantitative estimate of drug-likeness (QED) is 0.586. The van der Waals surface area contributed by atoms with E-state index in [4.69, 9.17) is 4.74 Å². The number of rotatable bonds is 6. The summed E-state index contributed by atoms with van der Waals surface area (Å²) in [5.74, 6) is 0.709. The highest BCUT2D eigenvalue weighted by Gasteiger charge is 2.16. The molecule has 0 heterocycles. The molecule has 0 aliphatic carbocycles. The number of amides is 1. The summed E-state index contributed by atoms with van der Waals surface area (Å²) >= 11 is 0. The van der Waals surface area contributed by atoms with Crippen molar-refractivity contribution in [2.24, 2.45) is 0 Å². The Hall–Kier alpha value is -3.06. The zero-order valence-corrected chi connectivity index (χ0v) is 16.5. The summed E-state index contributed by atoms with van der Waals surface area (Å²) < 4.78 is 5.46. The summed E-state index contributed by atoms with van der Waals surface area (Å²) in [7, 11) is 1.65. The maximum Gasteiger partial charge on any atom is 0.262 e. The number of hydrogen-bond acceptors (Lipinski definition) is 3.